The topological polar surface area (TPSA) is 35.8 Å². The molecule has 0 radical (unpaired) electrons. The van der Waals surface area contributed by atoms with Crippen LogP contribution in [-0.4, -0.2) is 12.8 Å². The molecule has 0 spiro atoms. The lowest BCUT2D eigenvalue weighted by atomic mass is 9.98. The third-order valence-electron chi connectivity index (χ3n) is 3.11. The van der Waals surface area contributed by atoms with E-state index in [0.717, 1.165) is 22.7 Å². The first-order valence-corrected chi connectivity index (χ1v) is 7.13. The maximum absolute atomic E-state index is 9.20. The van der Waals surface area contributed by atoms with E-state index >= 15 is 0 Å². The number of rotatable bonds is 5. The summed E-state index contributed by atoms with van der Waals surface area (Å²) in [5, 5.41) is 12.6. The van der Waals surface area contributed by atoms with E-state index < -0.39 is 0 Å². The number of hydrogen-bond donors (Lipinski definition) is 1. The van der Waals surface area contributed by atoms with Crippen LogP contribution in [0.15, 0.2) is 23.1 Å². The van der Waals surface area contributed by atoms with Gasteiger partial charge in [0.25, 0.3) is 0 Å². The summed E-state index contributed by atoms with van der Waals surface area (Å²) in [7, 11) is 0. The highest BCUT2D eigenvalue weighted by Gasteiger charge is 2.10. The SMILES string of the molecule is CSc1cccc(NCC(C)C(C)C)c1C#N. The Bertz CT molecular complexity index is 407. The van der Waals surface area contributed by atoms with Gasteiger partial charge in [-0.1, -0.05) is 26.8 Å². The lowest BCUT2D eigenvalue weighted by molar-refractivity contribution is 0.439. The van der Waals surface area contributed by atoms with E-state index in [1.165, 1.54) is 0 Å². The molecule has 0 aliphatic carbocycles. The van der Waals surface area contributed by atoms with Gasteiger partial charge in [0, 0.05) is 11.4 Å². The van der Waals surface area contributed by atoms with Gasteiger partial charge in [0.2, 0.25) is 0 Å². The van der Waals surface area contributed by atoms with Crippen LogP contribution in [0.5, 0.6) is 0 Å². The van der Waals surface area contributed by atoms with Gasteiger partial charge in [-0.3, -0.25) is 0 Å². The van der Waals surface area contributed by atoms with Crippen molar-refractivity contribution < 1.29 is 0 Å². The number of anilines is 1. The van der Waals surface area contributed by atoms with Gasteiger partial charge in [0.1, 0.15) is 6.07 Å². The van der Waals surface area contributed by atoms with Gasteiger partial charge in [0.15, 0.2) is 0 Å². The molecule has 1 rings (SSSR count). The summed E-state index contributed by atoms with van der Waals surface area (Å²) in [4.78, 5) is 1.04. The lowest BCUT2D eigenvalue weighted by Crippen LogP contribution is -2.16. The highest BCUT2D eigenvalue weighted by molar-refractivity contribution is 7.98. The Kier molecular flexibility index (Phi) is 5.37. The monoisotopic (exact) mass is 248 g/mol. The average Bonchev–Trinajstić information content (AvgIpc) is 2.34. The van der Waals surface area contributed by atoms with Crippen molar-refractivity contribution in [2.24, 2.45) is 11.8 Å². The molecule has 0 heterocycles. The first-order valence-electron chi connectivity index (χ1n) is 5.91. The number of nitrogens with zero attached hydrogens (tertiary/aromatic N) is 1. The van der Waals surface area contributed by atoms with E-state index in [1.807, 2.05) is 24.5 Å². The minimum absolute atomic E-state index is 0.597. The standard InChI is InChI=1S/C14H20N2S/c1-10(2)11(3)9-16-13-6-5-7-14(17-4)12(13)8-15/h5-7,10-11,16H,9H2,1-4H3. The summed E-state index contributed by atoms with van der Waals surface area (Å²) in [6, 6.07) is 8.24. The predicted octanol–water partition coefficient (Wildman–Crippen LogP) is 3.98. The fourth-order valence-corrected chi connectivity index (χ4v) is 2.04. The Morgan fingerprint density at radius 1 is 1.35 bits per heavy atom. The van der Waals surface area contributed by atoms with Crippen LogP contribution in [-0.2, 0) is 0 Å². The molecule has 92 valence electrons. The summed E-state index contributed by atoms with van der Waals surface area (Å²) in [5.41, 5.74) is 1.71. The van der Waals surface area contributed by atoms with Crippen molar-refractivity contribution in [3.63, 3.8) is 0 Å². The maximum Gasteiger partial charge on any atom is 0.102 e. The molecule has 2 nitrogen and oxygen atoms in total. The van der Waals surface area contributed by atoms with Crippen LogP contribution in [0, 0.1) is 23.2 Å². The van der Waals surface area contributed by atoms with E-state index in [1.54, 1.807) is 11.8 Å². The smallest absolute Gasteiger partial charge is 0.102 e. The molecule has 0 saturated carbocycles. The summed E-state index contributed by atoms with van der Waals surface area (Å²) in [6.07, 6.45) is 2.00. The summed E-state index contributed by atoms with van der Waals surface area (Å²) in [6.45, 7) is 7.57. The fourth-order valence-electron chi connectivity index (χ4n) is 1.47. The van der Waals surface area contributed by atoms with Crippen LogP contribution in [0.3, 0.4) is 0 Å². The van der Waals surface area contributed by atoms with Crippen molar-refractivity contribution in [1.82, 2.24) is 0 Å². The quantitative estimate of drug-likeness (QED) is 0.800. The highest BCUT2D eigenvalue weighted by Crippen LogP contribution is 2.26. The Morgan fingerprint density at radius 3 is 2.59 bits per heavy atom. The first-order chi connectivity index (χ1) is 8.10. The minimum atomic E-state index is 0.597. The molecule has 1 aromatic rings. The minimum Gasteiger partial charge on any atom is -0.384 e. The van der Waals surface area contributed by atoms with Crippen LogP contribution < -0.4 is 5.32 Å². The summed E-state index contributed by atoms with van der Waals surface area (Å²) < 4.78 is 0. The van der Waals surface area contributed by atoms with Crippen molar-refractivity contribution >= 4 is 17.4 Å². The second-order valence-corrected chi connectivity index (χ2v) is 5.44. The molecule has 0 saturated heterocycles. The molecule has 1 unspecified atom stereocenters. The maximum atomic E-state index is 9.20. The van der Waals surface area contributed by atoms with Gasteiger partial charge in [0.05, 0.1) is 11.3 Å². The van der Waals surface area contributed by atoms with Crippen LogP contribution >= 0.6 is 11.8 Å². The van der Waals surface area contributed by atoms with Crippen molar-refractivity contribution in [3.8, 4) is 6.07 Å². The zero-order chi connectivity index (χ0) is 12.8. The molecule has 0 aliphatic heterocycles. The molecule has 0 aromatic heterocycles. The average molecular weight is 248 g/mol. The van der Waals surface area contributed by atoms with Gasteiger partial charge >= 0.3 is 0 Å². The van der Waals surface area contributed by atoms with Crippen LogP contribution in [0.1, 0.15) is 26.3 Å². The van der Waals surface area contributed by atoms with Crippen molar-refractivity contribution in [3.05, 3.63) is 23.8 Å². The normalized spacial score (nSPS) is 12.2. The highest BCUT2D eigenvalue weighted by atomic mass is 32.2. The Balaban J connectivity index is 2.81. The molecular weight excluding hydrogens is 228 g/mol. The fraction of sp³-hybridized carbons (Fsp3) is 0.500. The van der Waals surface area contributed by atoms with E-state index in [0.29, 0.717) is 11.8 Å². The second-order valence-electron chi connectivity index (χ2n) is 4.60. The Hall–Kier alpha value is -1.14. The Morgan fingerprint density at radius 2 is 2.06 bits per heavy atom. The van der Waals surface area contributed by atoms with Gasteiger partial charge in [-0.2, -0.15) is 5.26 Å². The molecule has 0 fully saturated rings. The van der Waals surface area contributed by atoms with Crippen LogP contribution in [0.4, 0.5) is 5.69 Å². The first kappa shape index (κ1) is 13.9. The van der Waals surface area contributed by atoms with Crippen molar-refractivity contribution in [2.45, 2.75) is 25.7 Å². The van der Waals surface area contributed by atoms with Gasteiger partial charge in [-0.25, -0.2) is 0 Å². The van der Waals surface area contributed by atoms with Crippen LogP contribution in [0.2, 0.25) is 0 Å². The van der Waals surface area contributed by atoms with E-state index in [4.69, 9.17) is 0 Å². The molecule has 0 aliphatic rings. The van der Waals surface area contributed by atoms with E-state index in [-0.39, 0.29) is 0 Å². The zero-order valence-corrected chi connectivity index (χ0v) is 11.8. The zero-order valence-electron chi connectivity index (χ0n) is 10.9. The number of nitrogens with one attached hydrogen (secondary N) is 1. The third kappa shape index (κ3) is 3.67. The van der Waals surface area contributed by atoms with Gasteiger partial charge < -0.3 is 5.32 Å². The van der Waals surface area contributed by atoms with Crippen molar-refractivity contribution in [1.29, 1.82) is 5.26 Å². The lowest BCUT2D eigenvalue weighted by Gasteiger charge is -2.18. The van der Waals surface area contributed by atoms with Gasteiger partial charge in [-0.15, -0.1) is 11.8 Å². The molecular formula is C14H20N2S. The molecule has 0 bridgehead atoms. The molecule has 1 atom stereocenters. The van der Waals surface area contributed by atoms with Gasteiger partial charge in [-0.05, 0) is 30.2 Å². The van der Waals surface area contributed by atoms with Crippen molar-refractivity contribution in [2.75, 3.05) is 18.1 Å². The third-order valence-corrected chi connectivity index (χ3v) is 3.89. The van der Waals surface area contributed by atoms with Crippen LogP contribution in [0.25, 0.3) is 0 Å². The number of benzene rings is 1. The molecule has 1 N–H and O–H groups in total. The molecule has 3 heteroatoms. The largest absolute Gasteiger partial charge is 0.384 e. The van der Waals surface area contributed by atoms with E-state index in [9.17, 15) is 5.26 Å². The number of nitriles is 1. The molecule has 17 heavy (non-hydrogen) atoms. The Labute approximate surface area is 108 Å². The predicted molar refractivity (Wildman–Crippen MR) is 75.4 cm³/mol. The van der Waals surface area contributed by atoms with E-state index in [2.05, 4.69) is 32.2 Å². The summed E-state index contributed by atoms with van der Waals surface area (Å²) >= 11 is 1.61. The molecule has 1 aromatic carbocycles. The second kappa shape index (κ2) is 6.56. The number of thioether (sulfide) groups is 1. The summed E-state index contributed by atoms with van der Waals surface area (Å²) in [5.74, 6) is 1.25. The molecule has 0 amide bonds. The number of hydrogen-bond acceptors (Lipinski definition) is 3.